The Hall–Kier alpha value is -0.236. The predicted octanol–water partition coefficient (Wildman–Crippen LogP) is 2.75. The van der Waals surface area contributed by atoms with Gasteiger partial charge in [-0.05, 0) is 0 Å². The zero-order chi connectivity index (χ0) is 11.7. The van der Waals surface area contributed by atoms with E-state index in [2.05, 4.69) is 0 Å². The molecule has 0 saturated carbocycles. The van der Waals surface area contributed by atoms with Crippen molar-refractivity contribution in [2.75, 3.05) is 0 Å². The summed E-state index contributed by atoms with van der Waals surface area (Å²) >= 11 is 0. The molecule has 0 saturated heterocycles. The largest absolute Gasteiger partial charge is 0.391 e. The van der Waals surface area contributed by atoms with Crippen molar-refractivity contribution in [2.45, 2.75) is 45.7 Å². The van der Waals surface area contributed by atoms with E-state index in [0.717, 1.165) is 0 Å². The van der Waals surface area contributed by atoms with Gasteiger partial charge in [-0.15, -0.1) is 0 Å². The summed E-state index contributed by atoms with van der Waals surface area (Å²) in [6.07, 6.45) is -2.87. The number of nitrogens with zero attached hydrogens (tertiary/aromatic N) is 1. The Morgan fingerprint density at radius 2 is 1.29 bits per heavy atom. The molecule has 0 aromatic carbocycles. The minimum Gasteiger partial charge on any atom is -0.391 e. The third-order valence-electron chi connectivity index (χ3n) is 1.75. The first kappa shape index (κ1) is 13.8. The summed E-state index contributed by atoms with van der Waals surface area (Å²) in [6.45, 7) is 11.5. The van der Waals surface area contributed by atoms with E-state index in [1.54, 1.807) is 0 Å². The van der Waals surface area contributed by atoms with Crippen LogP contribution in [0.3, 0.4) is 0 Å². The zero-order valence-electron chi connectivity index (χ0n) is 9.69. The molecule has 0 unspecified atom stereocenters. The summed E-state index contributed by atoms with van der Waals surface area (Å²) in [5, 5.41) is 0. The van der Waals surface area contributed by atoms with Gasteiger partial charge in [-0.2, -0.15) is 8.78 Å². The molecule has 0 atom stereocenters. The standard InChI is InChI=1S/C8H19F2NOSi2/c1-13(2,3)11(14(4,5)6)8(12)7(9)10/h7H,1-6H3. The molecule has 0 radical (unpaired) electrons. The summed E-state index contributed by atoms with van der Waals surface area (Å²) in [6, 6.07) is 0. The molecule has 2 nitrogen and oxygen atoms in total. The van der Waals surface area contributed by atoms with Gasteiger partial charge >= 0.3 is 6.43 Å². The van der Waals surface area contributed by atoms with Crippen LogP contribution in [0.5, 0.6) is 0 Å². The van der Waals surface area contributed by atoms with Crippen LogP contribution in [-0.2, 0) is 4.79 Å². The molecule has 0 aliphatic carbocycles. The van der Waals surface area contributed by atoms with Crippen LogP contribution in [0, 0.1) is 0 Å². The van der Waals surface area contributed by atoms with E-state index < -0.39 is 28.8 Å². The highest BCUT2D eigenvalue weighted by molar-refractivity contribution is 6.92. The van der Waals surface area contributed by atoms with Crippen LogP contribution in [0.1, 0.15) is 0 Å². The van der Waals surface area contributed by atoms with E-state index >= 15 is 0 Å². The van der Waals surface area contributed by atoms with Crippen molar-refractivity contribution in [1.82, 2.24) is 4.23 Å². The van der Waals surface area contributed by atoms with Crippen LogP contribution in [0.25, 0.3) is 0 Å². The Kier molecular flexibility index (Phi) is 4.03. The average Bonchev–Trinajstić information content (AvgIpc) is 1.79. The third-order valence-corrected chi connectivity index (χ3v) is 8.90. The normalized spacial score (nSPS) is 13.2. The van der Waals surface area contributed by atoms with Crippen molar-refractivity contribution in [3.8, 4) is 0 Å². The second-order valence-corrected chi connectivity index (χ2v) is 15.3. The van der Waals surface area contributed by atoms with Crippen molar-refractivity contribution < 1.29 is 13.6 Å². The Bertz CT molecular complexity index is 206. The first-order valence-electron chi connectivity index (χ1n) is 4.60. The summed E-state index contributed by atoms with van der Waals surface area (Å²) in [5.74, 6) is -0.983. The predicted molar refractivity (Wildman–Crippen MR) is 59.5 cm³/mol. The second kappa shape index (κ2) is 4.10. The molecule has 14 heavy (non-hydrogen) atoms. The van der Waals surface area contributed by atoms with Crippen molar-refractivity contribution in [3.63, 3.8) is 0 Å². The zero-order valence-corrected chi connectivity index (χ0v) is 11.7. The van der Waals surface area contributed by atoms with Crippen molar-refractivity contribution in [3.05, 3.63) is 0 Å². The van der Waals surface area contributed by atoms with Gasteiger partial charge in [0.05, 0.1) is 0 Å². The first-order chi connectivity index (χ1) is 5.98. The lowest BCUT2D eigenvalue weighted by Crippen LogP contribution is -2.63. The fourth-order valence-electron chi connectivity index (χ4n) is 1.76. The lowest BCUT2D eigenvalue weighted by Gasteiger charge is -2.43. The number of amides is 1. The summed E-state index contributed by atoms with van der Waals surface area (Å²) in [4.78, 5) is 11.4. The maximum atomic E-state index is 12.4. The smallest absolute Gasteiger partial charge is 0.314 e. The first-order valence-corrected chi connectivity index (χ1v) is 11.5. The molecular weight excluding hydrogens is 220 g/mol. The number of carbonyl (C=O) groups excluding carboxylic acids is 1. The fraction of sp³-hybridized carbons (Fsp3) is 0.875. The van der Waals surface area contributed by atoms with Gasteiger partial charge in [0.2, 0.25) is 0 Å². The molecule has 0 rings (SSSR count). The van der Waals surface area contributed by atoms with E-state index in [4.69, 9.17) is 0 Å². The molecule has 0 aliphatic rings. The third kappa shape index (κ3) is 3.49. The molecule has 0 heterocycles. The van der Waals surface area contributed by atoms with Gasteiger partial charge in [0, 0.05) is 0 Å². The second-order valence-electron chi connectivity index (χ2n) is 5.32. The monoisotopic (exact) mass is 239 g/mol. The molecule has 0 spiro atoms. The highest BCUT2D eigenvalue weighted by Crippen LogP contribution is 2.21. The van der Waals surface area contributed by atoms with E-state index in [9.17, 15) is 13.6 Å². The molecule has 0 aliphatic heterocycles. The van der Waals surface area contributed by atoms with Gasteiger partial charge in [0.15, 0.2) is 0 Å². The maximum Gasteiger partial charge on any atom is 0.314 e. The number of hydrogen-bond donors (Lipinski definition) is 0. The summed E-state index contributed by atoms with van der Waals surface area (Å²) in [7, 11) is -3.96. The minimum atomic E-state index is -2.87. The summed E-state index contributed by atoms with van der Waals surface area (Å²) < 4.78 is 26.3. The van der Waals surface area contributed by atoms with Crippen LogP contribution in [-0.4, -0.2) is 33.0 Å². The highest BCUT2D eigenvalue weighted by Gasteiger charge is 2.41. The van der Waals surface area contributed by atoms with E-state index in [0.29, 0.717) is 0 Å². The highest BCUT2D eigenvalue weighted by atomic mass is 28.4. The molecule has 0 aromatic rings. The number of alkyl halides is 2. The quantitative estimate of drug-likeness (QED) is 0.694. The maximum absolute atomic E-state index is 12.4. The van der Waals surface area contributed by atoms with E-state index in [1.807, 2.05) is 39.3 Å². The molecule has 0 aromatic heterocycles. The average molecular weight is 239 g/mol. The number of halogens is 2. The van der Waals surface area contributed by atoms with Gasteiger partial charge in [-0.1, -0.05) is 39.3 Å². The van der Waals surface area contributed by atoms with Crippen molar-refractivity contribution >= 4 is 22.4 Å². The lowest BCUT2D eigenvalue weighted by atomic mass is 10.7. The van der Waals surface area contributed by atoms with E-state index in [1.165, 1.54) is 4.23 Å². The molecule has 0 fully saturated rings. The fourth-order valence-corrected chi connectivity index (χ4v) is 11.3. The van der Waals surface area contributed by atoms with Crippen LogP contribution in [0.2, 0.25) is 39.3 Å². The van der Waals surface area contributed by atoms with Gasteiger partial charge in [-0.3, -0.25) is 4.79 Å². The van der Waals surface area contributed by atoms with Gasteiger partial charge < -0.3 is 4.23 Å². The van der Waals surface area contributed by atoms with Crippen LogP contribution < -0.4 is 0 Å². The Morgan fingerprint density at radius 3 is 1.36 bits per heavy atom. The molecule has 1 amide bonds. The molecule has 0 bridgehead atoms. The molecule has 0 N–H and O–H groups in total. The Balaban J connectivity index is 5.05. The Morgan fingerprint density at radius 1 is 1.00 bits per heavy atom. The van der Waals surface area contributed by atoms with Gasteiger partial charge in [-0.25, -0.2) is 0 Å². The van der Waals surface area contributed by atoms with Crippen LogP contribution >= 0.6 is 0 Å². The summed E-state index contributed by atoms with van der Waals surface area (Å²) in [5.41, 5.74) is 0. The molecular formula is C8H19F2NOSi2. The Labute approximate surface area is 86.5 Å². The van der Waals surface area contributed by atoms with Crippen LogP contribution in [0.15, 0.2) is 0 Å². The topological polar surface area (TPSA) is 20.3 Å². The van der Waals surface area contributed by atoms with Crippen LogP contribution in [0.4, 0.5) is 8.78 Å². The number of carbonyl (C=O) groups is 1. The minimum absolute atomic E-state index is 0.983. The number of rotatable bonds is 3. The van der Waals surface area contributed by atoms with Crippen molar-refractivity contribution in [2.24, 2.45) is 0 Å². The molecule has 6 heteroatoms. The molecule has 84 valence electrons. The SMILES string of the molecule is C[Si](C)(C)N(C(=O)C(F)F)[Si](C)(C)C. The number of hydrogen-bond acceptors (Lipinski definition) is 1. The van der Waals surface area contributed by atoms with Gasteiger partial charge in [0.25, 0.3) is 5.91 Å². The lowest BCUT2D eigenvalue weighted by molar-refractivity contribution is -0.135. The van der Waals surface area contributed by atoms with Crippen molar-refractivity contribution in [1.29, 1.82) is 0 Å². The van der Waals surface area contributed by atoms with E-state index in [-0.39, 0.29) is 0 Å². The van der Waals surface area contributed by atoms with Gasteiger partial charge in [0.1, 0.15) is 16.5 Å².